The molecule has 4 saturated carbocycles. The number of halogens is 2. The molecule has 0 N–H and O–H groups in total. The van der Waals surface area contributed by atoms with E-state index in [-0.39, 0.29) is 11.8 Å². The van der Waals surface area contributed by atoms with Crippen LogP contribution in [0.1, 0.15) is 37.0 Å². The number of aryl methyl sites for hydroxylation is 1. The molecule has 0 aromatic carbocycles. The van der Waals surface area contributed by atoms with Gasteiger partial charge in [0.2, 0.25) is 0 Å². The molecule has 25 heavy (non-hydrogen) atoms. The first-order valence-electron chi connectivity index (χ1n) is 8.97. The van der Waals surface area contributed by atoms with Crippen molar-refractivity contribution in [1.82, 2.24) is 4.57 Å². The molecule has 0 aliphatic heterocycles. The van der Waals surface area contributed by atoms with E-state index in [0.717, 1.165) is 11.3 Å². The number of hydrogen-bond acceptors (Lipinski definition) is 3. The van der Waals surface area contributed by atoms with Crippen LogP contribution in [0, 0.1) is 30.1 Å². The highest BCUT2D eigenvalue weighted by atomic mass is 32.1. The standard InChI is InChI=1S/C18H24F2N2O2S/c1-11-10-22(3-4-24-2)16(25-11)21-15(23)17-7-12-5-13(8-17)18(19,20)14(6-12)9-17/h10,12-14H,3-9H2,1-2H3/b21-16-. The van der Waals surface area contributed by atoms with Crippen molar-refractivity contribution in [2.75, 3.05) is 13.7 Å². The minimum absolute atomic E-state index is 0.185. The van der Waals surface area contributed by atoms with E-state index in [4.69, 9.17) is 4.74 Å². The molecule has 4 fully saturated rings. The third-order valence-electron chi connectivity index (χ3n) is 6.30. The number of thiazole rings is 1. The second kappa shape index (κ2) is 5.98. The van der Waals surface area contributed by atoms with Gasteiger partial charge >= 0.3 is 0 Å². The Labute approximate surface area is 149 Å². The Morgan fingerprint density at radius 2 is 2.04 bits per heavy atom. The van der Waals surface area contributed by atoms with E-state index >= 15 is 0 Å². The van der Waals surface area contributed by atoms with Crippen LogP contribution in [-0.4, -0.2) is 30.1 Å². The molecule has 1 heterocycles. The fourth-order valence-corrected chi connectivity index (χ4v) is 6.17. The molecule has 0 spiro atoms. The number of amides is 1. The Morgan fingerprint density at radius 3 is 2.68 bits per heavy atom. The average Bonchev–Trinajstić information content (AvgIpc) is 2.89. The second-order valence-corrected chi connectivity index (χ2v) is 9.24. The van der Waals surface area contributed by atoms with Gasteiger partial charge in [0.05, 0.1) is 12.0 Å². The smallest absolute Gasteiger partial charge is 0.254 e. The van der Waals surface area contributed by atoms with Crippen molar-refractivity contribution in [2.45, 2.75) is 51.5 Å². The molecule has 0 radical (unpaired) electrons. The Hall–Kier alpha value is -1.08. The lowest BCUT2D eigenvalue weighted by Crippen LogP contribution is -2.59. The predicted octanol–water partition coefficient (Wildman–Crippen LogP) is 3.39. The van der Waals surface area contributed by atoms with Gasteiger partial charge in [-0.1, -0.05) is 0 Å². The molecule has 0 saturated heterocycles. The summed E-state index contributed by atoms with van der Waals surface area (Å²) >= 11 is 1.47. The summed E-state index contributed by atoms with van der Waals surface area (Å²) in [6.07, 6.45) is 4.45. The number of methoxy groups -OCH3 is 1. The van der Waals surface area contributed by atoms with E-state index in [1.807, 2.05) is 17.7 Å². The SMILES string of the molecule is COCCn1cc(C)s/c1=N\C(=O)C12CC3CC(C1)C(F)(F)C(C3)C2. The largest absolute Gasteiger partial charge is 0.383 e. The van der Waals surface area contributed by atoms with Crippen LogP contribution < -0.4 is 4.80 Å². The lowest BCUT2D eigenvalue weighted by Gasteiger charge is -2.58. The topological polar surface area (TPSA) is 43.6 Å². The third kappa shape index (κ3) is 2.79. The first kappa shape index (κ1) is 17.3. The monoisotopic (exact) mass is 370 g/mol. The number of aromatic nitrogens is 1. The molecule has 4 nitrogen and oxygen atoms in total. The van der Waals surface area contributed by atoms with Crippen LogP contribution in [0.15, 0.2) is 11.2 Å². The minimum Gasteiger partial charge on any atom is -0.383 e. The summed E-state index contributed by atoms with van der Waals surface area (Å²) in [4.78, 5) is 19.2. The van der Waals surface area contributed by atoms with Crippen molar-refractivity contribution >= 4 is 17.2 Å². The van der Waals surface area contributed by atoms with Crippen molar-refractivity contribution in [3.8, 4) is 0 Å². The summed E-state index contributed by atoms with van der Waals surface area (Å²) in [5.74, 6) is -3.79. The van der Waals surface area contributed by atoms with Gasteiger partial charge in [0, 0.05) is 36.6 Å². The molecule has 1 amide bonds. The van der Waals surface area contributed by atoms with Crippen molar-refractivity contribution < 1.29 is 18.3 Å². The highest BCUT2D eigenvalue weighted by Gasteiger charge is 2.65. The van der Waals surface area contributed by atoms with E-state index in [9.17, 15) is 13.6 Å². The van der Waals surface area contributed by atoms with E-state index < -0.39 is 23.2 Å². The van der Waals surface area contributed by atoms with Gasteiger partial charge in [-0.25, -0.2) is 8.78 Å². The summed E-state index contributed by atoms with van der Waals surface area (Å²) in [6.45, 7) is 3.15. The highest BCUT2D eigenvalue weighted by Crippen LogP contribution is 2.65. The van der Waals surface area contributed by atoms with E-state index in [0.29, 0.717) is 43.6 Å². The van der Waals surface area contributed by atoms with Crippen molar-refractivity contribution in [2.24, 2.45) is 28.2 Å². The molecule has 5 rings (SSSR count). The van der Waals surface area contributed by atoms with Crippen LogP contribution in [0.5, 0.6) is 0 Å². The molecule has 138 valence electrons. The van der Waals surface area contributed by atoms with Crippen LogP contribution in [0.4, 0.5) is 8.78 Å². The number of nitrogens with zero attached hydrogens (tertiary/aromatic N) is 2. The van der Waals surface area contributed by atoms with Gasteiger partial charge in [0.15, 0.2) is 4.80 Å². The van der Waals surface area contributed by atoms with Crippen molar-refractivity contribution in [1.29, 1.82) is 0 Å². The summed E-state index contributed by atoms with van der Waals surface area (Å²) in [5.41, 5.74) is -0.658. The molecule has 4 bridgehead atoms. The van der Waals surface area contributed by atoms with Gasteiger partial charge < -0.3 is 9.30 Å². The Kier molecular flexibility index (Phi) is 4.15. The van der Waals surface area contributed by atoms with Gasteiger partial charge in [-0.05, 0) is 44.9 Å². The molecule has 1 aromatic heterocycles. The van der Waals surface area contributed by atoms with Crippen LogP contribution in [0.3, 0.4) is 0 Å². The summed E-state index contributed by atoms with van der Waals surface area (Å²) in [6, 6.07) is 0. The summed E-state index contributed by atoms with van der Waals surface area (Å²) in [7, 11) is 1.64. The lowest BCUT2D eigenvalue weighted by atomic mass is 9.48. The van der Waals surface area contributed by atoms with Gasteiger partial charge in [-0.3, -0.25) is 4.79 Å². The van der Waals surface area contributed by atoms with E-state index in [1.54, 1.807) is 7.11 Å². The molecule has 4 aliphatic rings. The first-order valence-corrected chi connectivity index (χ1v) is 9.78. The maximum Gasteiger partial charge on any atom is 0.254 e. The van der Waals surface area contributed by atoms with Crippen LogP contribution in [-0.2, 0) is 16.1 Å². The second-order valence-electron chi connectivity index (χ2n) is 8.03. The summed E-state index contributed by atoms with van der Waals surface area (Å²) in [5, 5.41) is 0. The fraction of sp³-hybridized carbons (Fsp3) is 0.778. The zero-order valence-corrected chi connectivity index (χ0v) is 15.5. The number of rotatable bonds is 4. The molecular weight excluding hydrogens is 346 g/mol. The van der Waals surface area contributed by atoms with Crippen LogP contribution in [0.25, 0.3) is 0 Å². The molecule has 2 unspecified atom stereocenters. The Bertz CT molecular complexity index is 737. The van der Waals surface area contributed by atoms with Crippen molar-refractivity contribution in [3.63, 3.8) is 0 Å². The zero-order valence-electron chi connectivity index (χ0n) is 14.6. The van der Waals surface area contributed by atoms with Gasteiger partial charge in [-0.15, -0.1) is 11.3 Å². The fourth-order valence-electron chi connectivity index (χ4n) is 5.31. The van der Waals surface area contributed by atoms with Gasteiger partial charge in [0.1, 0.15) is 0 Å². The summed E-state index contributed by atoms with van der Waals surface area (Å²) < 4.78 is 35.9. The maximum absolute atomic E-state index is 14.4. The number of alkyl halides is 2. The molecular formula is C18H24F2N2O2S. The Morgan fingerprint density at radius 1 is 1.36 bits per heavy atom. The maximum atomic E-state index is 14.4. The van der Waals surface area contributed by atoms with Crippen LogP contribution in [0.2, 0.25) is 0 Å². The average molecular weight is 370 g/mol. The number of carbonyl (C=O) groups is 1. The van der Waals surface area contributed by atoms with E-state index in [1.165, 1.54) is 11.3 Å². The molecule has 1 aromatic rings. The zero-order chi connectivity index (χ0) is 17.8. The van der Waals surface area contributed by atoms with Gasteiger partial charge in [0.25, 0.3) is 11.8 Å². The highest BCUT2D eigenvalue weighted by molar-refractivity contribution is 7.09. The lowest BCUT2D eigenvalue weighted by molar-refractivity contribution is -0.223. The quantitative estimate of drug-likeness (QED) is 0.815. The van der Waals surface area contributed by atoms with Gasteiger partial charge in [-0.2, -0.15) is 4.99 Å². The molecule has 7 heteroatoms. The molecule has 2 atom stereocenters. The third-order valence-corrected chi connectivity index (χ3v) is 7.24. The normalized spacial score (nSPS) is 36.2. The number of carbonyl (C=O) groups excluding carboxylic acids is 1. The Balaban J connectivity index is 1.64. The minimum atomic E-state index is -2.60. The number of hydrogen-bond donors (Lipinski definition) is 0. The first-order chi connectivity index (χ1) is 11.8. The predicted molar refractivity (Wildman–Crippen MR) is 90.4 cm³/mol. The van der Waals surface area contributed by atoms with Crippen LogP contribution >= 0.6 is 11.3 Å². The number of ether oxygens (including phenoxy) is 1. The van der Waals surface area contributed by atoms with E-state index in [2.05, 4.69) is 4.99 Å². The molecule has 4 aliphatic carbocycles. The van der Waals surface area contributed by atoms with Crippen molar-refractivity contribution in [3.05, 3.63) is 15.9 Å².